The number of rotatable bonds is 3. The molecule has 0 amide bonds. The summed E-state index contributed by atoms with van der Waals surface area (Å²) in [6.45, 7) is 1.07. The number of nitro groups is 1. The maximum Gasteiger partial charge on any atom is 0.293 e. The maximum atomic E-state index is 10.7. The Bertz CT molecular complexity index is 395. The molecule has 0 aliphatic heterocycles. The lowest BCUT2D eigenvalue weighted by molar-refractivity contribution is -0.386. The summed E-state index contributed by atoms with van der Waals surface area (Å²) in [6, 6.07) is 1.31. The predicted molar refractivity (Wildman–Crippen MR) is 57.2 cm³/mol. The van der Waals surface area contributed by atoms with Crippen molar-refractivity contribution in [2.45, 2.75) is 12.5 Å². The van der Waals surface area contributed by atoms with E-state index in [1.54, 1.807) is 0 Å². The molecule has 82 valence electrons. The van der Waals surface area contributed by atoms with Gasteiger partial charge in [-0.15, -0.1) is 0 Å². The largest absolute Gasteiger partial charge is 0.394 e. The number of aliphatic hydroxyl groups is 1. The Balaban J connectivity index is 3.35. The zero-order valence-corrected chi connectivity index (χ0v) is 9.56. The Labute approximate surface area is 94.4 Å². The van der Waals surface area contributed by atoms with Crippen LogP contribution in [-0.2, 0) is 5.54 Å². The van der Waals surface area contributed by atoms with Crippen LogP contribution in [0.2, 0.25) is 0 Å². The van der Waals surface area contributed by atoms with E-state index >= 15 is 0 Å². The van der Waals surface area contributed by atoms with E-state index in [9.17, 15) is 10.1 Å². The topological polar surface area (TPSA) is 102 Å². The minimum Gasteiger partial charge on any atom is -0.394 e. The summed E-state index contributed by atoms with van der Waals surface area (Å²) in [7, 11) is 0. The second-order valence-electron chi connectivity index (χ2n) is 3.35. The van der Waals surface area contributed by atoms with Crippen LogP contribution in [0.25, 0.3) is 0 Å². The van der Waals surface area contributed by atoms with Crippen LogP contribution in [0.15, 0.2) is 16.7 Å². The number of pyridine rings is 1. The van der Waals surface area contributed by atoms with Gasteiger partial charge in [-0.1, -0.05) is 0 Å². The smallest absolute Gasteiger partial charge is 0.293 e. The molecule has 0 bridgehead atoms. The van der Waals surface area contributed by atoms with E-state index in [0.29, 0.717) is 4.47 Å². The zero-order valence-electron chi connectivity index (χ0n) is 7.98. The Morgan fingerprint density at radius 3 is 2.87 bits per heavy atom. The third-order valence-electron chi connectivity index (χ3n) is 1.90. The van der Waals surface area contributed by atoms with Crippen LogP contribution < -0.4 is 5.73 Å². The summed E-state index contributed by atoms with van der Waals surface area (Å²) >= 11 is 3.08. The van der Waals surface area contributed by atoms with Crippen molar-refractivity contribution in [2.24, 2.45) is 5.73 Å². The fraction of sp³-hybridized carbons (Fsp3) is 0.375. The highest BCUT2D eigenvalue weighted by Gasteiger charge is 2.30. The molecule has 1 rings (SSSR count). The SMILES string of the molecule is CC(N)(CO)c1ncc(Br)cc1[N+](=O)[O-]. The molecule has 0 saturated heterocycles. The van der Waals surface area contributed by atoms with Gasteiger partial charge in [-0.25, -0.2) is 0 Å². The first kappa shape index (κ1) is 12.0. The standard InChI is InChI=1S/C8H10BrN3O3/c1-8(10,4-13)7-6(12(14)15)2-5(9)3-11-7/h2-3,13H,4,10H2,1H3. The highest BCUT2D eigenvalue weighted by atomic mass is 79.9. The summed E-state index contributed by atoms with van der Waals surface area (Å²) in [6.07, 6.45) is 1.41. The highest BCUT2D eigenvalue weighted by molar-refractivity contribution is 9.10. The van der Waals surface area contributed by atoms with Crippen LogP contribution in [0.1, 0.15) is 12.6 Å². The van der Waals surface area contributed by atoms with Crippen molar-refractivity contribution in [1.82, 2.24) is 4.98 Å². The summed E-state index contributed by atoms with van der Waals surface area (Å²) in [4.78, 5) is 14.0. The highest BCUT2D eigenvalue weighted by Crippen LogP contribution is 2.27. The van der Waals surface area contributed by atoms with Gasteiger partial charge in [0.05, 0.1) is 17.1 Å². The minimum absolute atomic E-state index is 0.0678. The molecule has 0 radical (unpaired) electrons. The molecule has 0 spiro atoms. The van der Waals surface area contributed by atoms with E-state index in [2.05, 4.69) is 20.9 Å². The summed E-state index contributed by atoms with van der Waals surface area (Å²) in [5.41, 5.74) is 4.34. The molecule has 1 atom stereocenters. The molecule has 1 heterocycles. The van der Waals surface area contributed by atoms with Crippen molar-refractivity contribution in [3.63, 3.8) is 0 Å². The van der Waals surface area contributed by atoms with Gasteiger partial charge in [-0.3, -0.25) is 15.1 Å². The first-order valence-electron chi connectivity index (χ1n) is 4.08. The van der Waals surface area contributed by atoms with Gasteiger partial charge >= 0.3 is 0 Å². The Kier molecular flexibility index (Phi) is 3.38. The molecule has 15 heavy (non-hydrogen) atoms. The molecule has 0 aliphatic rings. The molecule has 0 fully saturated rings. The normalized spacial score (nSPS) is 14.7. The van der Waals surface area contributed by atoms with Gasteiger partial charge in [0.15, 0.2) is 0 Å². The monoisotopic (exact) mass is 275 g/mol. The van der Waals surface area contributed by atoms with Gasteiger partial charge in [0, 0.05) is 16.7 Å². The van der Waals surface area contributed by atoms with Gasteiger partial charge in [0.1, 0.15) is 5.69 Å². The summed E-state index contributed by atoms with van der Waals surface area (Å²) in [5, 5.41) is 19.8. The van der Waals surface area contributed by atoms with Crippen LogP contribution in [0.5, 0.6) is 0 Å². The van der Waals surface area contributed by atoms with Crippen molar-refractivity contribution in [3.05, 3.63) is 32.5 Å². The lowest BCUT2D eigenvalue weighted by Crippen LogP contribution is -2.38. The first-order valence-corrected chi connectivity index (χ1v) is 4.88. The molecular weight excluding hydrogens is 266 g/mol. The lowest BCUT2D eigenvalue weighted by Gasteiger charge is -2.20. The molecular formula is C8H10BrN3O3. The molecule has 0 saturated carbocycles. The number of nitrogens with two attached hydrogens (primary N) is 1. The van der Waals surface area contributed by atoms with Gasteiger partial charge in [-0.05, 0) is 22.9 Å². The number of halogens is 1. The van der Waals surface area contributed by atoms with Gasteiger partial charge in [0.2, 0.25) is 0 Å². The predicted octanol–water partition coefficient (Wildman–Crippen LogP) is 0.918. The molecule has 1 aromatic heterocycles. The third-order valence-corrected chi connectivity index (χ3v) is 2.33. The van der Waals surface area contributed by atoms with Crippen LogP contribution >= 0.6 is 15.9 Å². The van der Waals surface area contributed by atoms with Crippen molar-refractivity contribution in [2.75, 3.05) is 6.61 Å². The maximum absolute atomic E-state index is 10.7. The van der Waals surface area contributed by atoms with Crippen molar-refractivity contribution < 1.29 is 10.0 Å². The second kappa shape index (κ2) is 4.21. The van der Waals surface area contributed by atoms with Gasteiger partial charge in [-0.2, -0.15) is 0 Å². The van der Waals surface area contributed by atoms with E-state index < -0.39 is 17.1 Å². The molecule has 1 unspecified atom stereocenters. The second-order valence-corrected chi connectivity index (χ2v) is 4.27. The number of aromatic nitrogens is 1. The van der Waals surface area contributed by atoms with E-state index in [-0.39, 0.29) is 11.4 Å². The Hall–Kier alpha value is -1.05. The quantitative estimate of drug-likeness (QED) is 0.631. The number of hydrogen-bond donors (Lipinski definition) is 2. The molecule has 6 nitrogen and oxygen atoms in total. The number of aliphatic hydroxyl groups excluding tert-OH is 1. The van der Waals surface area contributed by atoms with Crippen LogP contribution in [-0.4, -0.2) is 21.6 Å². The average Bonchev–Trinajstić information content (AvgIpc) is 2.17. The zero-order chi connectivity index (χ0) is 11.6. The van der Waals surface area contributed by atoms with Crippen molar-refractivity contribution >= 4 is 21.6 Å². The fourth-order valence-electron chi connectivity index (χ4n) is 1.08. The molecule has 3 N–H and O–H groups in total. The van der Waals surface area contributed by atoms with E-state index in [4.69, 9.17) is 10.8 Å². The van der Waals surface area contributed by atoms with E-state index in [1.165, 1.54) is 19.2 Å². The molecule has 0 aromatic carbocycles. The molecule has 1 aromatic rings. The summed E-state index contributed by atoms with van der Waals surface area (Å²) in [5.74, 6) is 0. The summed E-state index contributed by atoms with van der Waals surface area (Å²) < 4.78 is 0.492. The van der Waals surface area contributed by atoms with Crippen molar-refractivity contribution in [3.8, 4) is 0 Å². The lowest BCUT2D eigenvalue weighted by atomic mass is 9.98. The third kappa shape index (κ3) is 2.49. The van der Waals surface area contributed by atoms with Crippen LogP contribution in [0, 0.1) is 10.1 Å². The molecule has 0 aliphatic carbocycles. The van der Waals surface area contributed by atoms with E-state index in [0.717, 1.165) is 0 Å². The first-order chi connectivity index (χ1) is 6.88. The molecule has 7 heteroatoms. The van der Waals surface area contributed by atoms with Gasteiger partial charge < -0.3 is 10.8 Å². The number of hydrogen-bond acceptors (Lipinski definition) is 5. The average molecular weight is 276 g/mol. The Morgan fingerprint density at radius 2 is 2.40 bits per heavy atom. The Morgan fingerprint density at radius 1 is 1.80 bits per heavy atom. The van der Waals surface area contributed by atoms with Crippen molar-refractivity contribution in [1.29, 1.82) is 0 Å². The van der Waals surface area contributed by atoms with Gasteiger partial charge in [0.25, 0.3) is 5.69 Å². The minimum atomic E-state index is -1.22. The fourth-order valence-corrected chi connectivity index (χ4v) is 1.40. The van der Waals surface area contributed by atoms with Crippen LogP contribution in [0.4, 0.5) is 5.69 Å². The number of nitrogens with zero attached hydrogens (tertiary/aromatic N) is 2. The van der Waals surface area contributed by atoms with E-state index in [1.807, 2.05) is 0 Å². The van der Waals surface area contributed by atoms with Crippen LogP contribution in [0.3, 0.4) is 0 Å².